The number of carboxylic acids is 1. The molecule has 2 aliphatic carbocycles. The molecule has 0 spiro atoms. The maximum Gasteiger partial charge on any atom is 0.341 e. The van der Waals surface area contributed by atoms with Crippen molar-refractivity contribution in [2.45, 2.75) is 38.1 Å². The number of aromatic carboxylic acids is 1. The maximum absolute atomic E-state index is 12.8. The van der Waals surface area contributed by atoms with Crippen LogP contribution in [0.25, 0.3) is 21.3 Å². The number of hydrogen-bond donors (Lipinski definition) is 2. The van der Waals surface area contributed by atoms with Crippen molar-refractivity contribution in [1.29, 1.82) is 0 Å². The highest BCUT2D eigenvalue weighted by Gasteiger charge is 2.29. The Bertz CT molecular complexity index is 1280. The van der Waals surface area contributed by atoms with Crippen LogP contribution in [0.3, 0.4) is 0 Å². The first kappa shape index (κ1) is 18.9. The molecule has 3 aromatic rings. The van der Waals surface area contributed by atoms with Gasteiger partial charge in [0.2, 0.25) is 5.43 Å². The summed E-state index contributed by atoms with van der Waals surface area (Å²) in [6.07, 6.45) is 5.56. The number of aryl methyl sites for hydroxylation is 1. The van der Waals surface area contributed by atoms with E-state index in [0.29, 0.717) is 23.1 Å². The van der Waals surface area contributed by atoms with Crippen LogP contribution in [0, 0.1) is 0 Å². The van der Waals surface area contributed by atoms with Crippen LogP contribution in [0.5, 0.6) is 5.75 Å². The Kier molecular flexibility index (Phi) is 4.39. The third-order valence-corrected chi connectivity index (χ3v) is 7.08. The molecule has 2 aromatic heterocycles. The van der Waals surface area contributed by atoms with Gasteiger partial charge in [-0.15, -0.1) is 11.3 Å². The van der Waals surface area contributed by atoms with Crippen molar-refractivity contribution in [2.24, 2.45) is 5.16 Å². The molecule has 154 valence electrons. The molecule has 8 heteroatoms. The molecular formula is C22H20N2O5S. The lowest BCUT2D eigenvalue weighted by molar-refractivity contribution is 0.0695. The fraction of sp³-hybridized carbons (Fsp3) is 0.318. The zero-order valence-electron chi connectivity index (χ0n) is 16.3. The number of thiophene rings is 1. The standard InChI is InChI=1S/C22H20N2O5S/c1-29-21-14(18-8-11-2-3-12(23-28)9-17(11)30-18)6-7-15-19(21)24(13-4-5-13)10-16(20(15)25)22(26)27/h6-8,10,13,28H,2-5,9H2,1H3,(H,26,27). The third-order valence-electron chi connectivity index (χ3n) is 5.87. The predicted molar refractivity (Wildman–Crippen MR) is 115 cm³/mol. The molecule has 1 saturated carbocycles. The molecule has 0 unspecified atom stereocenters. The second-order valence-electron chi connectivity index (χ2n) is 7.76. The summed E-state index contributed by atoms with van der Waals surface area (Å²) in [5, 5.41) is 22.3. The average molecular weight is 424 g/mol. The smallest absolute Gasteiger partial charge is 0.341 e. The van der Waals surface area contributed by atoms with E-state index in [1.54, 1.807) is 24.5 Å². The number of methoxy groups -OCH3 is 1. The molecule has 1 fully saturated rings. The van der Waals surface area contributed by atoms with Crippen molar-refractivity contribution in [2.75, 3.05) is 7.11 Å². The van der Waals surface area contributed by atoms with Crippen molar-refractivity contribution in [3.05, 3.63) is 50.6 Å². The van der Waals surface area contributed by atoms with E-state index in [4.69, 9.17) is 9.94 Å². The monoisotopic (exact) mass is 424 g/mol. The van der Waals surface area contributed by atoms with E-state index < -0.39 is 11.4 Å². The number of carbonyl (C=O) groups is 1. The number of ether oxygens (including phenoxy) is 1. The summed E-state index contributed by atoms with van der Waals surface area (Å²) in [7, 11) is 1.58. The van der Waals surface area contributed by atoms with E-state index in [0.717, 1.165) is 41.8 Å². The fourth-order valence-electron chi connectivity index (χ4n) is 4.21. The number of fused-ring (bicyclic) bond motifs is 2. The number of rotatable bonds is 4. The Morgan fingerprint density at radius 1 is 1.30 bits per heavy atom. The molecule has 0 atom stereocenters. The van der Waals surface area contributed by atoms with Crippen LogP contribution in [0.2, 0.25) is 0 Å². The first-order valence-electron chi connectivity index (χ1n) is 9.82. The molecule has 2 aliphatic rings. The Morgan fingerprint density at radius 3 is 2.77 bits per heavy atom. The first-order valence-corrected chi connectivity index (χ1v) is 10.6. The molecule has 30 heavy (non-hydrogen) atoms. The number of hydrogen-bond acceptors (Lipinski definition) is 6. The molecule has 2 heterocycles. The molecule has 5 rings (SSSR count). The molecule has 1 aromatic carbocycles. The van der Waals surface area contributed by atoms with Crippen molar-refractivity contribution >= 4 is 33.9 Å². The summed E-state index contributed by atoms with van der Waals surface area (Å²) >= 11 is 1.63. The van der Waals surface area contributed by atoms with Gasteiger partial charge in [0.1, 0.15) is 5.56 Å². The van der Waals surface area contributed by atoms with Crippen LogP contribution in [0.1, 0.15) is 46.1 Å². The van der Waals surface area contributed by atoms with Gasteiger partial charge in [0.05, 0.1) is 23.7 Å². The van der Waals surface area contributed by atoms with E-state index in [1.807, 2.05) is 10.6 Å². The normalized spacial score (nSPS) is 17.3. The number of nitrogens with zero attached hydrogens (tertiary/aromatic N) is 2. The van der Waals surface area contributed by atoms with Gasteiger partial charge >= 0.3 is 5.97 Å². The lowest BCUT2D eigenvalue weighted by Gasteiger charge is -2.17. The Hall–Kier alpha value is -3.13. The second-order valence-corrected chi connectivity index (χ2v) is 8.90. The van der Waals surface area contributed by atoms with Crippen LogP contribution in [-0.4, -0.2) is 33.7 Å². The number of pyridine rings is 1. The van der Waals surface area contributed by atoms with Gasteiger partial charge in [0.25, 0.3) is 0 Å². The molecule has 0 aliphatic heterocycles. The van der Waals surface area contributed by atoms with Crippen molar-refractivity contribution in [1.82, 2.24) is 4.57 Å². The van der Waals surface area contributed by atoms with E-state index >= 15 is 0 Å². The molecule has 0 radical (unpaired) electrons. The molecular weight excluding hydrogens is 404 g/mol. The van der Waals surface area contributed by atoms with Gasteiger partial charge in [0.15, 0.2) is 5.75 Å². The van der Waals surface area contributed by atoms with Gasteiger partial charge in [-0.3, -0.25) is 4.79 Å². The van der Waals surface area contributed by atoms with E-state index in [-0.39, 0.29) is 11.6 Å². The summed E-state index contributed by atoms with van der Waals surface area (Å²) in [5.41, 5.74) is 2.84. The van der Waals surface area contributed by atoms with Crippen LogP contribution in [-0.2, 0) is 12.8 Å². The zero-order chi connectivity index (χ0) is 21.0. The largest absolute Gasteiger partial charge is 0.494 e. The van der Waals surface area contributed by atoms with E-state index in [9.17, 15) is 14.7 Å². The Labute approximate surface area is 175 Å². The average Bonchev–Trinajstić information content (AvgIpc) is 3.50. The highest BCUT2D eigenvalue weighted by molar-refractivity contribution is 7.15. The number of carboxylic acid groups (broad SMARTS) is 1. The van der Waals surface area contributed by atoms with Crippen molar-refractivity contribution < 1.29 is 19.8 Å². The summed E-state index contributed by atoms with van der Waals surface area (Å²) in [4.78, 5) is 26.6. The summed E-state index contributed by atoms with van der Waals surface area (Å²) in [6.45, 7) is 0. The lowest BCUT2D eigenvalue weighted by Crippen LogP contribution is -2.19. The Balaban J connectivity index is 1.75. The lowest BCUT2D eigenvalue weighted by atomic mass is 9.96. The summed E-state index contributed by atoms with van der Waals surface area (Å²) < 4.78 is 7.69. The number of oxime groups is 1. The van der Waals surface area contributed by atoms with Crippen LogP contribution in [0.15, 0.2) is 34.3 Å². The number of benzene rings is 1. The summed E-state index contributed by atoms with van der Waals surface area (Å²) in [5.74, 6) is -0.630. The maximum atomic E-state index is 12.8. The molecule has 0 amide bonds. The van der Waals surface area contributed by atoms with Crippen LogP contribution in [0.4, 0.5) is 0 Å². The van der Waals surface area contributed by atoms with Gasteiger partial charge in [-0.2, -0.15) is 0 Å². The minimum atomic E-state index is -1.22. The Morgan fingerprint density at radius 2 is 2.10 bits per heavy atom. The van der Waals surface area contributed by atoms with Gasteiger partial charge < -0.3 is 19.6 Å². The zero-order valence-corrected chi connectivity index (χ0v) is 17.2. The van der Waals surface area contributed by atoms with E-state index in [1.165, 1.54) is 16.6 Å². The highest BCUT2D eigenvalue weighted by Crippen LogP contribution is 2.45. The quantitative estimate of drug-likeness (QED) is 0.485. The van der Waals surface area contributed by atoms with Crippen molar-refractivity contribution in [3.63, 3.8) is 0 Å². The third kappa shape index (κ3) is 2.90. The number of aromatic nitrogens is 1. The van der Waals surface area contributed by atoms with Gasteiger partial charge in [0, 0.05) is 34.0 Å². The van der Waals surface area contributed by atoms with Gasteiger partial charge in [-0.1, -0.05) is 5.16 Å². The molecule has 7 nitrogen and oxygen atoms in total. The molecule has 2 N–H and O–H groups in total. The topological polar surface area (TPSA) is 101 Å². The van der Waals surface area contributed by atoms with Crippen LogP contribution >= 0.6 is 11.3 Å². The minimum absolute atomic E-state index is 0.176. The van der Waals surface area contributed by atoms with E-state index in [2.05, 4.69) is 11.2 Å². The molecule has 0 saturated heterocycles. The first-order chi connectivity index (χ1) is 14.5. The molecule has 0 bridgehead atoms. The summed E-state index contributed by atoms with van der Waals surface area (Å²) in [6, 6.07) is 5.86. The fourth-order valence-corrected chi connectivity index (χ4v) is 5.48. The highest BCUT2D eigenvalue weighted by atomic mass is 32.1. The van der Waals surface area contributed by atoms with Crippen molar-refractivity contribution in [3.8, 4) is 16.2 Å². The van der Waals surface area contributed by atoms with Crippen LogP contribution < -0.4 is 10.2 Å². The van der Waals surface area contributed by atoms with Gasteiger partial charge in [-0.05, 0) is 49.4 Å². The second kappa shape index (κ2) is 6.98. The SMILES string of the molecule is COc1c(-c2cc3c(s2)CC(=NO)CC3)ccc2c(=O)c(C(=O)O)cn(C3CC3)c12. The minimum Gasteiger partial charge on any atom is -0.494 e. The van der Waals surface area contributed by atoms with Gasteiger partial charge in [-0.25, -0.2) is 4.79 Å². The predicted octanol–water partition coefficient (Wildman–Crippen LogP) is 4.09.